The molecule has 1 aromatic heterocycles. The van der Waals surface area contributed by atoms with Gasteiger partial charge in [0, 0.05) is 6.92 Å². The van der Waals surface area contributed by atoms with Gasteiger partial charge < -0.3 is 14.8 Å². The normalized spacial score (nSPS) is 10.2. The van der Waals surface area contributed by atoms with Crippen LogP contribution in [0, 0.1) is 6.92 Å². The van der Waals surface area contributed by atoms with Gasteiger partial charge in [0.25, 0.3) is 0 Å². The molecule has 0 unspecified atom stereocenters. The lowest BCUT2D eigenvalue weighted by Gasteiger charge is -2.02. The summed E-state index contributed by atoms with van der Waals surface area (Å²) >= 11 is 0. The fourth-order valence-corrected chi connectivity index (χ4v) is 1.69. The highest BCUT2D eigenvalue weighted by Crippen LogP contribution is 2.19. The summed E-state index contributed by atoms with van der Waals surface area (Å²) in [6.45, 7) is 5.08. The smallest absolute Gasteiger partial charge is 0.352 e. The second-order valence-electron chi connectivity index (χ2n) is 3.52. The van der Waals surface area contributed by atoms with Gasteiger partial charge in [-0.2, -0.15) is 0 Å². The van der Waals surface area contributed by atoms with Gasteiger partial charge in [0.1, 0.15) is 12.3 Å². The van der Waals surface area contributed by atoms with Crippen LogP contribution in [0.25, 0.3) is 0 Å². The Morgan fingerprint density at radius 2 is 2.06 bits per heavy atom. The number of rotatable bonds is 4. The number of carbonyl (C=O) groups is 2. The molecular formula is C11H15NO4. The van der Waals surface area contributed by atoms with E-state index in [9.17, 15) is 9.59 Å². The molecule has 0 aliphatic rings. The molecular weight excluding hydrogens is 210 g/mol. The van der Waals surface area contributed by atoms with Crippen molar-refractivity contribution in [3.8, 4) is 0 Å². The minimum Gasteiger partial charge on any atom is -0.477 e. The lowest BCUT2D eigenvalue weighted by atomic mass is 10.1. The largest absolute Gasteiger partial charge is 0.477 e. The molecule has 0 aromatic carbocycles. The van der Waals surface area contributed by atoms with Gasteiger partial charge in [0.2, 0.25) is 0 Å². The number of aromatic nitrogens is 1. The third kappa shape index (κ3) is 2.42. The van der Waals surface area contributed by atoms with Crippen LogP contribution in [0.5, 0.6) is 0 Å². The van der Waals surface area contributed by atoms with E-state index < -0.39 is 5.97 Å². The molecule has 0 amide bonds. The van der Waals surface area contributed by atoms with Crippen molar-refractivity contribution in [2.24, 2.45) is 0 Å². The SMILES string of the molecule is CCc1c(COC(C)=O)[nH]c(C(=O)O)c1C. The third-order valence-electron chi connectivity index (χ3n) is 2.46. The highest BCUT2D eigenvalue weighted by molar-refractivity contribution is 5.88. The zero-order valence-corrected chi connectivity index (χ0v) is 9.59. The molecule has 0 atom stereocenters. The van der Waals surface area contributed by atoms with Gasteiger partial charge >= 0.3 is 11.9 Å². The van der Waals surface area contributed by atoms with Gasteiger partial charge in [-0.05, 0) is 24.5 Å². The number of esters is 1. The van der Waals surface area contributed by atoms with E-state index >= 15 is 0 Å². The molecule has 0 radical (unpaired) electrons. The molecule has 0 fully saturated rings. The van der Waals surface area contributed by atoms with Crippen LogP contribution in [0.1, 0.15) is 41.2 Å². The van der Waals surface area contributed by atoms with Crippen molar-refractivity contribution in [3.05, 3.63) is 22.5 Å². The lowest BCUT2D eigenvalue weighted by Crippen LogP contribution is -2.02. The van der Waals surface area contributed by atoms with E-state index in [0.717, 1.165) is 5.56 Å². The summed E-state index contributed by atoms with van der Waals surface area (Å²) in [5, 5.41) is 8.94. The number of nitrogens with one attached hydrogen (secondary N) is 1. The fraction of sp³-hybridized carbons (Fsp3) is 0.455. The van der Waals surface area contributed by atoms with Crippen LogP contribution < -0.4 is 0 Å². The summed E-state index contributed by atoms with van der Waals surface area (Å²) in [6.07, 6.45) is 0.701. The van der Waals surface area contributed by atoms with Crippen LogP contribution in [-0.4, -0.2) is 22.0 Å². The summed E-state index contributed by atoms with van der Waals surface area (Å²) in [5.74, 6) is -1.38. The molecule has 16 heavy (non-hydrogen) atoms. The van der Waals surface area contributed by atoms with E-state index in [1.54, 1.807) is 6.92 Å². The number of hydrogen-bond acceptors (Lipinski definition) is 3. The molecule has 5 heteroatoms. The molecule has 0 aliphatic heterocycles. The Morgan fingerprint density at radius 1 is 1.44 bits per heavy atom. The Kier molecular flexibility index (Phi) is 3.71. The van der Waals surface area contributed by atoms with Crippen molar-refractivity contribution in [2.45, 2.75) is 33.8 Å². The quantitative estimate of drug-likeness (QED) is 0.763. The zero-order valence-electron chi connectivity index (χ0n) is 9.59. The van der Waals surface area contributed by atoms with E-state index in [1.807, 2.05) is 6.92 Å². The number of ether oxygens (including phenoxy) is 1. The van der Waals surface area contributed by atoms with Crippen molar-refractivity contribution in [3.63, 3.8) is 0 Å². The highest BCUT2D eigenvalue weighted by Gasteiger charge is 2.17. The highest BCUT2D eigenvalue weighted by atomic mass is 16.5. The predicted octanol–water partition coefficient (Wildman–Crippen LogP) is 1.65. The van der Waals surface area contributed by atoms with Gasteiger partial charge in [0.05, 0.1) is 5.69 Å². The molecule has 0 spiro atoms. The molecule has 2 N–H and O–H groups in total. The van der Waals surface area contributed by atoms with Crippen LogP contribution in [0.3, 0.4) is 0 Å². The molecule has 0 saturated heterocycles. The average Bonchev–Trinajstić information content (AvgIpc) is 2.51. The maximum atomic E-state index is 10.9. The van der Waals surface area contributed by atoms with Crippen LogP contribution in [-0.2, 0) is 22.6 Å². The molecule has 1 aromatic rings. The van der Waals surface area contributed by atoms with Gasteiger partial charge in [0.15, 0.2) is 0 Å². The summed E-state index contributed by atoms with van der Waals surface area (Å²) in [4.78, 5) is 24.4. The van der Waals surface area contributed by atoms with E-state index in [1.165, 1.54) is 6.92 Å². The first kappa shape index (κ1) is 12.3. The Morgan fingerprint density at radius 3 is 2.50 bits per heavy atom. The van der Waals surface area contributed by atoms with E-state index in [2.05, 4.69) is 4.98 Å². The van der Waals surface area contributed by atoms with E-state index in [0.29, 0.717) is 17.7 Å². The van der Waals surface area contributed by atoms with Crippen LogP contribution >= 0.6 is 0 Å². The first-order valence-electron chi connectivity index (χ1n) is 5.04. The molecule has 0 bridgehead atoms. The zero-order chi connectivity index (χ0) is 12.3. The Hall–Kier alpha value is -1.78. The second-order valence-corrected chi connectivity index (χ2v) is 3.52. The van der Waals surface area contributed by atoms with Crippen molar-refractivity contribution < 1.29 is 19.4 Å². The van der Waals surface area contributed by atoms with Crippen molar-refractivity contribution in [1.29, 1.82) is 0 Å². The van der Waals surface area contributed by atoms with Crippen LogP contribution in [0.4, 0.5) is 0 Å². The molecule has 88 valence electrons. The Balaban J connectivity index is 3.03. The van der Waals surface area contributed by atoms with Crippen LogP contribution in [0.15, 0.2) is 0 Å². The van der Waals surface area contributed by atoms with Gasteiger partial charge in [-0.25, -0.2) is 4.79 Å². The average molecular weight is 225 g/mol. The molecule has 5 nitrogen and oxygen atoms in total. The summed E-state index contributed by atoms with van der Waals surface area (Å²) < 4.78 is 4.86. The third-order valence-corrected chi connectivity index (χ3v) is 2.46. The fourth-order valence-electron chi connectivity index (χ4n) is 1.69. The van der Waals surface area contributed by atoms with Crippen LogP contribution in [0.2, 0.25) is 0 Å². The number of aromatic amines is 1. The number of carbonyl (C=O) groups excluding carboxylic acids is 1. The Bertz CT molecular complexity index is 420. The minimum absolute atomic E-state index is 0.0899. The van der Waals surface area contributed by atoms with E-state index in [-0.39, 0.29) is 18.3 Å². The molecule has 0 saturated carbocycles. The maximum Gasteiger partial charge on any atom is 0.352 e. The molecule has 1 heterocycles. The second kappa shape index (κ2) is 4.83. The molecule has 1 rings (SSSR count). The number of carboxylic acids is 1. The molecule has 0 aliphatic carbocycles. The first-order valence-corrected chi connectivity index (χ1v) is 5.04. The topological polar surface area (TPSA) is 79.4 Å². The maximum absolute atomic E-state index is 10.9. The number of carboxylic acid groups (broad SMARTS) is 1. The van der Waals surface area contributed by atoms with Crippen molar-refractivity contribution >= 4 is 11.9 Å². The summed E-state index contributed by atoms with van der Waals surface area (Å²) in [7, 11) is 0. The number of hydrogen-bond donors (Lipinski definition) is 2. The van der Waals surface area contributed by atoms with Gasteiger partial charge in [-0.1, -0.05) is 6.92 Å². The summed E-state index contributed by atoms with van der Waals surface area (Å²) in [6, 6.07) is 0. The monoisotopic (exact) mass is 225 g/mol. The number of H-pyrrole nitrogens is 1. The number of aromatic carboxylic acids is 1. The van der Waals surface area contributed by atoms with Crippen molar-refractivity contribution in [1.82, 2.24) is 4.98 Å². The Labute approximate surface area is 93.4 Å². The summed E-state index contributed by atoms with van der Waals surface area (Å²) in [5.41, 5.74) is 2.43. The predicted molar refractivity (Wildman–Crippen MR) is 57.3 cm³/mol. The minimum atomic E-state index is -0.999. The van der Waals surface area contributed by atoms with Gasteiger partial charge in [-0.3, -0.25) is 4.79 Å². The standard InChI is InChI=1S/C11H15NO4/c1-4-8-6(2)10(11(14)15)12-9(8)5-16-7(3)13/h12H,4-5H2,1-3H3,(H,14,15). The van der Waals surface area contributed by atoms with Gasteiger partial charge in [-0.15, -0.1) is 0 Å². The van der Waals surface area contributed by atoms with E-state index in [4.69, 9.17) is 9.84 Å². The lowest BCUT2D eigenvalue weighted by molar-refractivity contribution is -0.142. The van der Waals surface area contributed by atoms with Crippen molar-refractivity contribution in [2.75, 3.05) is 0 Å². The first-order chi connectivity index (χ1) is 7.47.